The maximum Gasteiger partial charge on any atom is 0.251 e. The van der Waals surface area contributed by atoms with Gasteiger partial charge in [-0.05, 0) is 34.1 Å². The number of alkyl halides is 1. The van der Waals surface area contributed by atoms with Crippen LogP contribution in [0.5, 0.6) is 0 Å². The van der Waals surface area contributed by atoms with Gasteiger partial charge in [0.05, 0.1) is 4.47 Å². The Morgan fingerprint density at radius 3 is 2.80 bits per heavy atom. The standard InChI is InChI=1S/C10H10Br2FNO/c1-6(11)5-14-10(15)7-2-3-8(12)9(13)4-7/h2-4,6H,5H2,1H3,(H,14,15). The zero-order chi connectivity index (χ0) is 11.4. The van der Waals surface area contributed by atoms with Crippen LogP contribution in [0, 0.1) is 5.82 Å². The molecule has 0 fully saturated rings. The minimum absolute atomic E-state index is 0.196. The molecule has 1 aromatic carbocycles. The summed E-state index contributed by atoms with van der Waals surface area (Å²) in [6, 6.07) is 4.29. The molecule has 0 saturated heterocycles. The van der Waals surface area contributed by atoms with Gasteiger partial charge in [-0.25, -0.2) is 4.39 Å². The van der Waals surface area contributed by atoms with Gasteiger partial charge in [0.2, 0.25) is 0 Å². The third kappa shape index (κ3) is 3.91. The van der Waals surface area contributed by atoms with Crippen LogP contribution in [-0.4, -0.2) is 17.3 Å². The first-order chi connectivity index (χ1) is 7.00. The van der Waals surface area contributed by atoms with E-state index in [-0.39, 0.29) is 10.7 Å². The summed E-state index contributed by atoms with van der Waals surface area (Å²) in [5, 5.41) is 2.68. The molecule has 0 bridgehead atoms. The molecule has 0 aliphatic heterocycles. The minimum atomic E-state index is -0.436. The van der Waals surface area contributed by atoms with E-state index in [0.717, 1.165) is 0 Å². The monoisotopic (exact) mass is 337 g/mol. The molecule has 0 saturated carbocycles. The molecule has 0 radical (unpaired) electrons. The fourth-order valence-electron chi connectivity index (χ4n) is 0.973. The molecular weight excluding hydrogens is 329 g/mol. The van der Waals surface area contributed by atoms with Crippen molar-refractivity contribution in [3.05, 3.63) is 34.1 Å². The third-order valence-electron chi connectivity index (χ3n) is 1.73. The van der Waals surface area contributed by atoms with Gasteiger partial charge >= 0.3 is 0 Å². The van der Waals surface area contributed by atoms with Crippen molar-refractivity contribution in [1.29, 1.82) is 0 Å². The number of hydrogen-bond donors (Lipinski definition) is 1. The number of carbonyl (C=O) groups excluding carboxylic acids is 1. The highest BCUT2D eigenvalue weighted by Crippen LogP contribution is 2.16. The maximum atomic E-state index is 13.1. The molecule has 1 rings (SSSR count). The smallest absolute Gasteiger partial charge is 0.251 e. The molecule has 15 heavy (non-hydrogen) atoms. The molecule has 0 spiro atoms. The van der Waals surface area contributed by atoms with Crippen molar-refractivity contribution < 1.29 is 9.18 Å². The summed E-state index contributed by atoms with van der Waals surface area (Å²) in [5.74, 6) is -0.706. The van der Waals surface area contributed by atoms with E-state index in [1.807, 2.05) is 6.92 Å². The number of amides is 1. The quantitative estimate of drug-likeness (QED) is 0.843. The van der Waals surface area contributed by atoms with Gasteiger partial charge in [-0.15, -0.1) is 0 Å². The van der Waals surface area contributed by atoms with Crippen LogP contribution in [0.25, 0.3) is 0 Å². The van der Waals surface area contributed by atoms with Crippen molar-refractivity contribution in [3.8, 4) is 0 Å². The summed E-state index contributed by atoms with van der Waals surface area (Å²) in [7, 11) is 0. The number of hydrogen-bond acceptors (Lipinski definition) is 1. The molecule has 0 aliphatic rings. The Bertz CT molecular complexity index is 368. The lowest BCUT2D eigenvalue weighted by Crippen LogP contribution is -2.28. The van der Waals surface area contributed by atoms with E-state index in [1.54, 1.807) is 6.07 Å². The van der Waals surface area contributed by atoms with E-state index in [2.05, 4.69) is 37.2 Å². The van der Waals surface area contributed by atoms with Crippen LogP contribution in [0.4, 0.5) is 4.39 Å². The molecule has 0 aromatic heterocycles. The predicted octanol–water partition coefficient (Wildman–Crippen LogP) is 3.10. The van der Waals surface area contributed by atoms with E-state index in [9.17, 15) is 9.18 Å². The number of rotatable bonds is 3. The van der Waals surface area contributed by atoms with Gasteiger partial charge in [0, 0.05) is 16.9 Å². The SMILES string of the molecule is CC(Br)CNC(=O)c1ccc(Br)c(F)c1. The Labute approximate surface area is 105 Å². The fourth-order valence-corrected chi connectivity index (χ4v) is 1.38. The largest absolute Gasteiger partial charge is 0.351 e. The summed E-state index contributed by atoms with van der Waals surface area (Å²) in [4.78, 5) is 11.7. The van der Waals surface area contributed by atoms with Crippen LogP contribution in [-0.2, 0) is 0 Å². The highest BCUT2D eigenvalue weighted by molar-refractivity contribution is 9.10. The van der Waals surface area contributed by atoms with Crippen molar-refractivity contribution in [2.45, 2.75) is 11.8 Å². The third-order valence-corrected chi connectivity index (χ3v) is 2.69. The highest BCUT2D eigenvalue weighted by atomic mass is 79.9. The first-order valence-corrected chi connectivity index (χ1v) is 6.09. The topological polar surface area (TPSA) is 29.1 Å². The van der Waals surface area contributed by atoms with Gasteiger partial charge < -0.3 is 5.32 Å². The zero-order valence-electron chi connectivity index (χ0n) is 8.06. The summed E-state index contributed by atoms with van der Waals surface area (Å²) in [6.45, 7) is 2.43. The fraction of sp³-hybridized carbons (Fsp3) is 0.300. The molecule has 0 aliphatic carbocycles. The number of carbonyl (C=O) groups is 1. The van der Waals surface area contributed by atoms with Gasteiger partial charge in [0.15, 0.2) is 0 Å². The van der Waals surface area contributed by atoms with Gasteiger partial charge in [0.1, 0.15) is 5.82 Å². The van der Waals surface area contributed by atoms with E-state index in [1.165, 1.54) is 12.1 Å². The second-order valence-corrected chi connectivity index (χ2v) is 5.54. The average Bonchev–Trinajstić information content (AvgIpc) is 2.18. The van der Waals surface area contributed by atoms with Gasteiger partial charge in [-0.2, -0.15) is 0 Å². The van der Waals surface area contributed by atoms with E-state index >= 15 is 0 Å². The van der Waals surface area contributed by atoms with E-state index < -0.39 is 5.82 Å². The number of nitrogens with one attached hydrogen (secondary N) is 1. The van der Waals surface area contributed by atoms with Crippen LogP contribution < -0.4 is 5.32 Å². The van der Waals surface area contributed by atoms with Crippen molar-refractivity contribution in [2.75, 3.05) is 6.54 Å². The molecule has 1 N–H and O–H groups in total. The van der Waals surface area contributed by atoms with Crippen molar-refractivity contribution >= 4 is 37.8 Å². The molecule has 1 aromatic rings. The van der Waals surface area contributed by atoms with E-state index in [4.69, 9.17) is 0 Å². The van der Waals surface area contributed by atoms with Gasteiger partial charge in [0.25, 0.3) is 5.91 Å². The Balaban J connectivity index is 2.70. The Hall–Kier alpha value is -0.420. The second kappa shape index (κ2) is 5.61. The van der Waals surface area contributed by atoms with Crippen molar-refractivity contribution in [1.82, 2.24) is 5.32 Å². The van der Waals surface area contributed by atoms with Crippen molar-refractivity contribution in [3.63, 3.8) is 0 Å². The molecule has 2 nitrogen and oxygen atoms in total. The zero-order valence-corrected chi connectivity index (χ0v) is 11.2. The van der Waals surface area contributed by atoms with Crippen LogP contribution in [0.15, 0.2) is 22.7 Å². The summed E-state index contributed by atoms with van der Waals surface area (Å²) in [6.07, 6.45) is 0. The Morgan fingerprint density at radius 2 is 2.27 bits per heavy atom. The van der Waals surface area contributed by atoms with E-state index in [0.29, 0.717) is 16.6 Å². The maximum absolute atomic E-state index is 13.1. The van der Waals surface area contributed by atoms with Crippen LogP contribution >= 0.6 is 31.9 Å². The molecule has 1 amide bonds. The summed E-state index contributed by atoms with van der Waals surface area (Å²) < 4.78 is 13.5. The average molecular weight is 339 g/mol. The van der Waals surface area contributed by atoms with Crippen molar-refractivity contribution in [2.24, 2.45) is 0 Å². The number of halogens is 3. The minimum Gasteiger partial charge on any atom is -0.351 e. The molecule has 1 atom stereocenters. The lowest BCUT2D eigenvalue weighted by molar-refractivity contribution is 0.0954. The predicted molar refractivity (Wildman–Crippen MR) is 64.8 cm³/mol. The van der Waals surface area contributed by atoms with Crippen LogP contribution in [0.1, 0.15) is 17.3 Å². The number of benzene rings is 1. The summed E-state index contributed by atoms with van der Waals surface area (Å²) in [5.41, 5.74) is 0.323. The molecule has 82 valence electrons. The Morgan fingerprint density at radius 1 is 1.60 bits per heavy atom. The van der Waals surface area contributed by atoms with Gasteiger partial charge in [-0.1, -0.05) is 22.9 Å². The lowest BCUT2D eigenvalue weighted by atomic mass is 10.2. The Kier molecular flexibility index (Phi) is 4.73. The lowest BCUT2D eigenvalue weighted by Gasteiger charge is -2.06. The normalized spacial score (nSPS) is 12.3. The second-order valence-electron chi connectivity index (χ2n) is 3.12. The summed E-state index contributed by atoms with van der Waals surface area (Å²) >= 11 is 6.33. The molecule has 0 heterocycles. The highest BCUT2D eigenvalue weighted by Gasteiger charge is 2.08. The first-order valence-electron chi connectivity index (χ1n) is 4.38. The van der Waals surface area contributed by atoms with Gasteiger partial charge in [-0.3, -0.25) is 4.79 Å². The first kappa shape index (κ1) is 12.6. The molecule has 5 heteroatoms. The molecular formula is C10H10Br2FNO. The van der Waals surface area contributed by atoms with Crippen LogP contribution in [0.3, 0.4) is 0 Å². The van der Waals surface area contributed by atoms with Crippen LogP contribution in [0.2, 0.25) is 0 Å². The molecule has 1 unspecified atom stereocenters.